The van der Waals surface area contributed by atoms with Gasteiger partial charge in [-0.1, -0.05) is 18.2 Å². The quantitative estimate of drug-likeness (QED) is 0.468. The van der Waals surface area contributed by atoms with Gasteiger partial charge in [0.05, 0.1) is 11.3 Å². The molecule has 1 aromatic carbocycles. The summed E-state index contributed by atoms with van der Waals surface area (Å²) in [5.41, 5.74) is 3.67. The van der Waals surface area contributed by atoms with Crippen LogP contribution in [0.5, 0.6) is 0 Å². The second-order valence-corrected chi connectivity index (χ2v) is 7.22. The molecule has 0 aliphatic carbocycles. The van der Waals surface area contributed by atoms with Crippen LogP contribution in [0.3, 0.4) is 0 Å². The Morgan fingerprint density at radius 2 is 1.81 bits per heavy atom. The summed E-state index contributed by atoms with van der Waals surface area (Å²) in [6.07, 6.45) is 3.40. The number of anilines is 2. The van der Waals surface area contributed by atoms with Gasteiger partial charge in [-0.15, -0.1) is 0 Å². The number of nitrogens with zero attached hydrogens (tertiary/aromatic N) is 2. The molecule has 8 heteroatoms. The van der Waals surface area contributed by atoms with E-state index < -0.39 is 0 Å². The van der Waals surface area contributed by atoms with Crippen molar-refractivity contribution in [2.24, 2.45) is 0 Å². The minimum absolute atomic E-state index is 0.128. The molecule has 2 heterocycles. The van der Waals surface area contributed by atoms with Crippen LogP contribution in [0.2, 0.25) is 0 Å². The summed E-state index contributed by atoms with van der Waals surface area (Å²) >= 11 is 0. The molecule has 160 valence electrons. The number of carbonyl (C=O) groups excluding carboxylic acids is 2. The fourth-order valence-electron chi connectivity index (χ4n) is 2.91. The van der Waals surface area contributed by atoms with E-state index in [4.69, 9.17) is 0 Å². The van der Waals surface area contributed by atoms with E-state index in [-0.39, 0.29) is 18.0 Å². The molecule has 0 saturated heterocycles. The maximum absolute atomic E-state index is 12.1. The average molecular weight is 419 g/mol. The number of rotatable bonds is 7. The zero-order valence-corrected chi connectivity index (χ0v) is 17.8. The van der Waals surface area contributed by atoms with Crippen LogP contribution in [0.1, 0.15) is 29.8 Å². The van der Waals surface area contributed by atoms with Crippen molar-refractivity contribution in [3.05, 3.63) is 72.1 Å². The number of hydrogen-bond donors (Lipinski definition) is 4. The zero-order chi connectivity index (χ0) is 22.2. The third kappa shape index (κ3) is 6.02. The van der Waals surface area contributed by atoms with Gasteiger partial charge in [0.25, 0.3) is 5.91 Å². The summed E-state index contributed by atoms with van der Waals surface area (Å²) in [5.74, 6) is 0.336. The number of pyridine rings is 2. The van der Waals surface area contributed by atoms with Gasteiger partial charge in [-0.05, 0) is 49.7 Å². The van der Waals surface area contributed by atoms with E-state index in [0.29, 0.717) is 23.6 Å². The normalized spacial score (nSPS) is 10.5. The van der Waals surface area contributed by atoms with Crippen LogP contribution >= 0.6 is 0 Å². The molecule has 3 rings (SSSR count). The van der Waals surface area contributed by atoms with Gasteiger partial charge in [-0.3, -0.25) is 9.78 Å². The lowest BCUT2D eigenvalue weighted by molar-refractivity contribution is 0.0963. The lowest BCUT2D eigenvalue weighted by atomic mass is 10.1. The predicted molar refractivity (Wildman–Crippen MR) is 122 cm³/mol. The minimum Gasteiger partial charge on any atom is -0.367 e. The van der Waals surface area contributed by atoms with E-state index in [1.54, 1.807) is 31.6 Å². The molecule has 4 N–H and O–H groups in total. The number of amides is 3. The first-order valence-electron chi connectivity index (χ1n) is 10.00. The zero-order valence-electron chi connectivity index (χ0n) is 17.8. The molecule has 0 radical (unpaired) electrons. The highest BCUT2D eigenvalue weighted by molar-refractivity contribution is 5.99. The van der Waals surface area contributed by atoms with Crippen molar-refractivity contribution < 1.29 is 9.59 Å². The molecule has 3 amide bonds. The van der Waals surface area contributed by atoms with Crippen LogP contribution < -0.4 is 21.3 Å². The Morgan fingerprint density at radius 1 is 1.03 bits per heavy atom. The van der Waals surface area contributed by atoms with Crippen molar-refractivity contribution in [2.75, 3.05) is 17.7 Å². The molecule has 8 nitrogen and oxygen atoms in total. The Hall–Kier alpha value is -3.94. The van der Waals surface area contributed by atoms with Gasteiger partial charge in [-0.2, -0.15) is 0 Å². The number of carbonyl (C=O) groups is 2. The van der Waals surface area contributed by atoms with Crippen LogP contribution in [0.15, 0.2) is 60.9 Å². The van der Waals surface area contributed by atoms with Crippen molar-refractivity contribution in [1.29, 1.82) is 0 Å². The standard InChI is InChI=1S/C23H26N6O2/c1-15(2)27-21-19(22(30)24-3)10-11-20(29-21)17-6-8-18(9-7-17)28-23(31)26-14-16-5-4-12-25-13-16/h4-13,15H,14H2,1-3H3,(H,24,30)(H,27,29)(H2,26,28,31). The van der Waals surface area contributed by atoms with Gasteiger partial charge in [0.15, 0.2) is 0 Å². The van der Waals surface area contributed by atoms with Crippen LogP contribution in [-0.2, 0) is 6.54 Å². The Balaban J connectivity index is 1.69. The molecule has 0 aliphatic rings. The number of aromatic nitrogens is 2. The van der Waals surface area contributed by atoms with Gasteiger partial charge >= 0.3 is 6.03 Å². The van der Waals surface area contributed by atoms with Gasteiger partial charge in [0.1, 0.15) is 5.82 Å². The first kappa shape index (κ1) is 21.8. The number of hydrogen-bond acceptors (Lipinski definition) is 5. The van der Waals surface area contributed by atoms with Crippen molar-refractivity contribution in [2.45, 2.75) is 26.4 Å². The van der Waals surface area contributed by atoms with E-state index in [0.717, 1.165) is 16.8 Å². The fourth-order valence-corrected chi connectivity index (χ4v) is 2.91. The van der Waals surface area contributed by atoms with Crippen molar-refractivity contribution in [1.82, 2.24) is 20.6 Å². The summed E-state index contributed by atoms with van der Waals surface area (Å²) < 4.78 is 0. The molecule has 0 saturated carbocycles. The maximum atomic E-state index is 12.1. The summed E-state index contributed by atoms with van der Waals surface area (Å²) in [5, 5.41) is 11.5. The average Bonchev–Trinajstić information content (AvgIpc) is 2.78. The molecule has 3 aromatic rings. The van der Waals surface area contributed by atoms with E-state index in [1.807, 2.05) is 50.2 Å². The van der Waals surface area contributed by atoms with Gasteiger partial charge in [0, 0.05) is 43.3 Å². The monoisotopic (exact) mass is 418 g/mol. The van der Waals surface area contributed by atoms with Crippen molar-refractivity contribution in [3.63, 3.8) is 0 Å². The van der Waals surface area contributed by atoms with E-state index in [2.05, 4.69) is 31.2 Å². The molecule has 31 heavy (non-hydrogen) atoms. The van der Waals surface area contributed by atoms with Crippen LogP contribution in [0.4, 0.5) is 16.3 Å². The molecule has 0 atom stereocenters. The lowest BCUT2D eigenvalue weighted by Crippen LogP contribution is -2.28. The minimum atomic E-state index is -0.298. The Morgan fingerprint density at radius 3 is 2.45 bits per heavy atom. The summed E-state index contributed by atoms with van der Waals surface area (Å²) in [7, 11) is 1.59. The number of benzene rings is 1. The topological polar surface area (TPSA) is 108 Å². The van der Waals surface area contributed by atoms with Crippen molar-refractivity contribution >= 4 is 23.4 Å². The second-order valence-electron chi connectivity index (χ2n) is 7.22. The molecule has 0 spiro atoms. The summed E-state index contributed by atoms with van der Waals surface area (Å²) in [4.78, 5) is 32.9. The fraction of sp³-hybridized carbons (Fsp3) is 0.217. The molecular weight excluding hydrogens is 392 g/mol. The van der Waals surface area contributed by atoms with E-state index >= 15 is 0 Å². The summed E-state index contributed by atoms with van der Waals surface area (Å²) in [6.45, 7) is 4.37. The second kappa shape index (κ2) is 10.2. The molecular formula is C23H26N6O2. The smallest absolute Gasteiger partial charge is 0.319 e. The first-order valence-corrected chi connectivity index (χ1v) is 10.00. The third-order valence-electron chi connectivity index (χ3n) is 4.41. The maximum Gasteiger partial charge on any atom is 0.319 e. The van der Waals surface area contributed by atoms with Crippen LogP contribution in [-0.4, -0.2) is 35.0 Å². The molecule has 2 aromatic heterocycles. The van der Waals surface area contributed by atoms with E-state index in [1.165, 1.54) is 0 Å². The SMILES string of the molecule is CNC(=O)c1ccc(-c2ccc(NC(=O)NCc3cccnc3)cc2)nc1NC(C)C. The molecule has 0 unspecified atom stereocenters. The van der Waals surface area contributed by atoms with E-state index in [9.17, 15) is 9.59 Å². The summed E-state index contributed by atoms with van der Waals surface area (Å²) in [6, 6.07) is 14.5. The highest BCUT2D eigenvalue weighted by Crippen LogP contribution is 2.24. The molecule has 0 aliphatic heterocycles. The first-order chi connectivity index (χ1) is 15.0. The highest BCUT2D eigenvalue weighted by atomic mass is 16.2. The van der Waals surface area contributed by atoms with Gasteiger partial charge in [0.2, 0.25) is 0 Å². The van der Waals surface area contributed by atoms with Crippen LogP contribution in [0.25, 0.3) is 11.3 Å². The Bertz CT molecular complexity index is 1040. The Kier molecular flexibility index (Phi) is 7.16. The highest BCUT2D eigenvalue weighted by Gasteiger charge is 2.14. The molecule has 0 bridgehead atoms. The number of urea groups is 1. The largest absolute Gasteiger partial charge is 0.367 e. The van der Waals surface area contributed by atoms with Gasteiger partial charge < -0.3 is 21.3 Å². The Labute approximate surface area is 181 Å². The number of nitrogens with one attached hydrogen (secondary N) is 4. The van der Waals surface area contributed by atoms with Crippen molar-refractivity contribution in [3.8, 4) is 11.3 Å². The predicted octanol–water partition coefficient (Wildman–Crippen LogP) is 3.65. The third-order valence-corrected chi connectivity index (χ3v) is 4.41. The lowest BCUT2D eigenvalue weighted by Gasteiger charge is -2.15. The van der Waals surface area contributed by atoms with Crippen LogP contribution in [0, 0.1) is 0 Å². The van der Waals surface area contributed by atoms with Gasteiger partial charge in [-0.25, -0.2) is 9.78 Å². The molecule has 0 fully saturated rings.